The highest BCUT2D eigenvalue weighted by Crippen LogP contribution is 2.18. The Morgan fingerprint density at radius 1 is 1.29 bits per heavy atom. The summed E-state index contributed by atoms with van der Waals surface area (Å²) < 4.78 is 5.43. The number of hydrogen-bond acceptors (Lipinski definition) is 6. The lowest BCUT2D eigenvalue weighted by Gasteiger charge is -2.34. The van der Waals surface area contributed by atoms with Gasteiger partial charge < -0.3 is 15.8 Å². The van der Waals surface area contributed by atoms with E-state index in [0.29, 0.717) is 12.0 Å². The molecule has 0 aliphatic carbocycles. The normalized spacial score (nSPS) is 17.7. The second kappa shape index (κ2) is 7.56. The van der Waals surface area contributed by atoms with Gasteiger partial charge >= 0.3 is 0 Å². The third-order valence-electron chi connectivity index (χ3n) is 4.12. The molecule has 2 rings (SSSR count). The van der Waals surface area contributed by atoms with Gasteiger partial charge in [-0.15, -0.1) is 0 Å². The van der Waals surface area contributed by atoms with Crippen molar-refractivity contribution in [2.24, 2.45) is 0 Å². The monoisotopic (exact) mass is 293 g/mol. The summed E-state index contributed by atoms with van der Waals surface area (Å²) in [5, 5.41) is 3.48. The van der Waals surface area contributed by atoms with Crippen LogP contribution in [0.1, 0.15) is 31.5 Å². The Balaban J connectivity index is 2.03. The number of rotatable bonds is 6. The van der Waals surface area contributed by atoms with E-state index in [4.69, 9.17) is 10.5 Å². The van der Waals surface area contributed by atoms with Crippen molar-refractivity contribution in [3.05, 3.63) is 11.3 Å². The van der Waals surface area contributed by atoms with E-state index in [0.717, 1.165) is 62.8 Å². The van der Waals surface area contributed by atoms with E-state index in [1.807, 2.05) is 6.92 Å². The maximum absolute atomic E-state index is 5.78. The lowest BCUT2D eigenvalue weighted by Crippen LogP contribution is -2.46. The lowest BCUT2D eigenvalue weighted by atomic mass is 10.1. The zero-order chi connectivity index (χ0) is 15.2. The van der Waals surface area contributed by atoms with Crippen molar-refractivity contribution in [3.63, 3.8) is 0 Å². The molecule has 2 heterocycles. The molecule has 1 aromatic rings. The Labute approximate surface area is 127 Å². The number of nitrogen functional groups attached to an aromatic ring is 1. The van der Waals surface area contributed by atoms with Gasteiger partial charge in [-0.05, 0) is 19.8 Å². The fourth-order valence-corrected chi connectivity index (χ4v) is 2.88. The number of nitrogens with two attached hydrogens (primary N) is 1. The molecule has 1 unspecified atom stereocenters. The largest absolute Gasteiger partial charge is 0.379 e. The van der Waals surface area contributed by atoms with Gasteiger partial charge in [0, 0.05) is 36.9 Å². The van der Waals surface area contributed by atoms with Gasteiger partial charge in [-0.2, -0.15) is 4.98 Å². The smallest absolute Gasteiger partial charge is 0.222 e. The summed E-state index contributed by atoms with van der Waals surface area (Å²) >= 11 is 0. The SMILES string of the molecule is CCc1c(C)nc(N)nc1NCC(CC)N1CCOCC1. The molecule has 21 heavy (non-hydrogen) atoms. The molecule has 6 nitrogen and oxygen atoms in total. The maximum Gasteiger partial charge on any atom is 0.222 e. The van der Waals surface area contributed by atoms with Crippen LogP contribution in [0.3, 0.4) is 0 Å². The molecule has 1 aliphatic heterocycles. The van der Waals surface area contributed by atoms with Crippen molar-refractivity contribution >= 4 is 11.8 Å². The summed E-state index contributed by atoms with van der Waals surface area (Å²) in [6.07, 6.45) is 2.01. The molecule has 0 radical (unpaired) electrons. The number of ether oxygens (including phenoxy) is 1. The zero-order valence-electron chi connectivity index (χ0n) is 13.4. The lowest BCUT2D eigenvalue weighted by molar-refractivity contribution is 0.0184. The maximum atomic E-state index is 5.78. The van der Waals surface area contributed by atoms with Crippen molar-refractivity contribution in [2.75, 3.05) is 43.9 Å². The van der Waals surface area contributed by atoms with Gasteiger partial charge in [0.1, 0.15) is 5.82 Å². The van der Waals surface area contributed by atoms with Gasteiger partial charge in [0.05, 0.1) is 13.2 Å². The van der Waals surface area contributed by atoms with Crippen LogP contribution in [-0.2, 0) is 11.2 Å². The summed E-state index contributed by atoms with van der Waals surface area (Å²) in [6, 6.07) is 0.495. The average molecular weight is 293 g/mol. The predicted molar refractivity (Wildman–Crippen MR) is 85.5 cm³/mol. The Kier molecular flexibility index (Phi) is 5.76. The fourth-order valence-electron chi connectivity index (χ4n) is 2.88. The second-order valence-corrected chi connectivity index (χ2v) is 5.44. The standard InChI is InChI=1S/C15H27N5O/c1-4-12(20-6-8-21-9-7-20)10-17-14-13(5-2)11(3)18-15(16)19-14/h12H,4-10H2,1-3H3,(H3,16,17,18,19). The first-order chi connectivity index (χ1) is 10.2. The van der Waals surface area contributed by atoms with Gasteiger partial charge in [-0.25, -0.2) is 4.98 Å². The first-order valence-electron chi connectivity index (χ1n) is 7.84. The first kappa shape index (κ1) is 16.0. The molecule has 118 valence electrons. The third kappa shape index (κ3) is 4.04. The van der Waals surface area contributed by atoms with E-state index in [1.54, 1.807) is 0 Å². The van der Waals surface area contributed by atoms with Crippen LogP contribution in [0, 0.1) is 6.92 Å². The summed E-state index contributed by atoms with van der Waals surface area (Å²) in [5.41, 5.74) is 7.89. The van der Waals surface area contributed by atoms with Crippen molar-refractivity contribution < 1.29 is 4.74 Å². The van der Waals surface area contributed by atoms with Crippen molar-refractivity contribution in [1.82, 2.24) is 14.9 Å². The molecule has 0 bridgehead atoms. The molecular formula is C15H27N5O. The summed E-state index contributed by atoms with van der Waals surface area (Å²) in [5.74, 6) is 1.22. The Morgan fingerprint density at radius 2 is 2.00 bits per heavy atom. The molecule has 0 saturated carbocycles. The minimum absolute atomic E-state index is 0.339. The molecule has 1 aromatic heterocycles. The summed E-state index contributed by atoms with van der Waals surface area (Å²) in [7, 11) is 0. The number of anilines is 2. The van der Waals surface area contributed by atoms with Gasteiger partial charge in [0.15, 0.2) is 0 Å². The van der Waals surface area contributed by atoms with Crippen LogP contribution in [0.2, 0.25) is 0 Å². The summed E-state index contributed by atoms with van der Waals surface area (Å²) in [4.78, 5) is 11.1. The number of aryl methyl sites for hydroxylation is 1. The van der Waals surface area contributed by atoms with E-state index in [2.05, 4.69) is 34.0 Å². The number of nitrogens with one attached hydrogen (secondary N) is 1. The van der Waals surface area contributed by atoms with Gasteiger partial charge in [-0.1, -0.05) is 13.8 Å². The highest BCUT2D eigenvalue weighted by Gasteiger charge is 2.20. The van der Waals surface area contributed by atoms with E-state index >= 15 is 0 Å². The highest BCUT2D eigenvalue weighted by molar-refractivity contribution is 5.49. The van der Waals surface area contributed by atoms with E-state index in [9.17, 15) is 0 Å². The molecular weight excluding hydrogens is 266 g/mol. The van der Waals surface area contributed by atoms with Crippen LogP contribution in [0.15, 0.2) is 0 Å². The van der Waals surface area contributed by atoms with Crippen LogP contribution >= 0.6 is 0 Å². The second-order valence-electron chi connectivity index (χ2n) is 5.44. The van der Waals surface area contributed by atoms with Crippen LogP contribution in [0.25, 0.3) is 0 Å². The predicted octanol–water partition coefficient (Wildman–Crippen LogP) is 1.45. The quantitative estimate of drug-likeness (QED) is 0.827. The van der Waals surface area contributed by atoms with Crippen molar-refractivity contribution in [3.8, 4) is 0 Å². The van der Waals surface area contributed by atoms with Gasteiger partial charge in [0.2, 0.25) is 5.95 Å². The molecule has 1 fully saturated rings. The molecule has 0 aromatic carbocycles. The number of nitrogens with zero attached hydrogens (tertiary/aromatic N) is 3. The molecule has 3 N–H and O–H groups in total. The van der Waals surface area contributed by atoms with E-state index in [-0.39, 0.29) is 0 Å². The third-order valence-corrected chi connectivity index (χ3v) is 4.12. The van der Waals surface area contributed by atoms with Crippen LogP contribution in [0.4, 0.5) is 11.8 Å². The van der Waals surface area contributed by atoms with E-state index < -0.39 is 0 Å². The van der Waals surface area contributed by atoms with Gasteiger partial charge in [-0.3, -0.25) is 4.90 Å². The van der Waals surface area contributed by atoms with Crippen molar-refractivity contribution in [2.45, 2.75) is 39.7 Å². The number of hydrogen-bond donors (Lipinski definition) is 2. The fraction of sp³-hybridized carbons (Fsp3) is 0.733. The summed E-state index contributed by atoms with van der Waals surface area (Å²) in [6.45, 7) is 10.9. The van der Waals surface area contributed by atoms with Crippen LogP contribution in [-0.4, -0.2) is 53.8 Å². The van der Waals surface area contributed by atoms with Crippen LogP contribution < -0.4 is 11.1 Å². The van der Waals surface area contributed by atoms with Gasteiger partial charge in [0.25, 0.3) is 0 Å². The van der Waals surface area contributed by atoms with Crippen molar-refractivity contribution in [1.29, 1.82) is 0 Å². The van der Waals surface area contributed by atoms with Crippen LogP contribution in [0.5, 0.6) is 0 Å². The topological polar surface area (TPSA) is 76.3 Å². The number of aromatic nitrogens is 2. The molecule has 1 saturated heterocycles. The zero-order valence-corrected chi connectivity index (χ0v) is 13.4. The molecule has 1 aliphatic rings. The Morgan fingerprint density at radius 3 is 2.62 bits per heavy atom. The molecule has 6 heteroatoms. The first-order valence-corrected chi connectivity index (χ1v) is 7.84. The average Bonchev–Trinajstić information content (AvgIpc) is 2.48. The molecule has 0 amide bonds. The molecule has 0 spiro atoms. The molecule has 1 atom stereocenters. The highest BCUT2D eigenvalue weighted by atomic mass is 16.5. The van der Waals surface area contributed by atoms with E-state index in [1.165, 1.54) is 0 Å². The Bertz CT molecular complexity index is 460. The minimum atomic E-state index is 0.339. The Hall–Kier alpha value is -1.40. The minimum Gasteiger partial charge on any atom is -0.379 e. The number of morpholine rings is 1.